The highest BCUT2D eigenvalue weighted by Crippen LogP contribution is 2.23. The summed E-state index contributed by atoms with van der Waals surface area (Å²) in [6, 6.07) is 5.23. The summed E-state index contributed by atoms with van der Waals surface area (Å²) >= 11 is 6.14. The summed E-state index contributed by atoms with van der Waals surface area (Å²) in [6.45, 7) is 7.57. The van der Waals surface area contributed by atoms with E-state index in [1.807, 2.05) is 0 Å². The van der Waals surface area contributed by atoms with Crippen LogP contribution < -0.4 is 5.32 Å². The molecule has 0 aromatic heterocycles. The molecule has 1 nitrogen and oxygen atoms in total. The highest BCUT2D eigenvalue weighted by atomic mass is 35.5. The van der Waals surface area contributed by atoms with Gasteiger partial charge >= 0.3 is 0 Å². The van der Waals surface area contributed by atoms with Gasteiger partial charge < -0.3 is 5.32 Å². The molecule has 0 aliphatic heterocycles. The summed E-state index contributed by atoms with van der Waals surface area (Å²) in [4.78, 5) is 0. The third kappa shape index (κ3) is 5.41. The molecule has 1 unspecified atom stereocenters. The van der Waals surface area contributed by atoms with Gasteiger partial charge in [-0.2, -0.15) is 0 Å². The maximum Gasteiger partial charge on any atom is 0.127 e. The zero-order valence-corrected chi connectivity index (χ0v) is 13.6. The fourth-order valence-corrected chi connectivity index (χ4v) is 2.83. The number of nitrogens with one attached hydrogen (secondary N) is 1. The van der Waals surface area contributed by atoms with Crippen LogP contribution in [0, 0.1) is 11.7 Å². The first kappa shape index (κ1) is 17.5. The molecule has 1 N–H and O–H groups in total. The largest absolute Gasteiger partial charge is 0.314 e. The smallest absolute Gasteiger partial charge is 0.127 e. The highest BCUT2D eigenvalue weighted by Gasteiger charge is 2.17. The van der Waals surface area contributed by atoms with E-state index in [0.29, 0.717) is 29.0 Å². The van der Waals surface area contributed by atoms with Gasteiger partial charge in [-0.25, -0.2) is 4.39 Å². The molecule has 1 atom stereocenters. The lowest BCUT2D eigenvalue weighted by Crippen LogP contribution is -2.34. The van der Waals surface area contributed by atoms with E-state index in [1.165, 1.54) is 18.9 Å². The van der Waals surface area contributed by atoms with Crippen LogP contribution in [0.2, 0.25) is 5.02 Å². The van der Waals surface area contributed by atoms with Gasteiger partial charge in [0.2, 0.25) is 0 Å². The van der Waals surface area contributed by atoms with Gasteiger partial charge in [-0.3, -0.25) is 0 Å². The van der Waals surface area contributed by atoms with Crippen LogP contribution >= 0.6 is 11.6 Å². The molecule has 1 rings (SSSR count). The van der Waals surface area contributed by atoms with Crippen LogP contribution in [0.3, 0.4) is 0 Å². The third-order valence-corrected chi connectivity index (χ3v) is 4.32. The summed E-state index contributed by atoms with van der Waals surface area (Å²) < 4.78 is 13.9. The molecule has 0 aliphatic carbocycles. The van der Waals surface area contributed by atoms with Crippen molar-refractivity contribution in [2.24, 2.45) is 5.92 Å². The van der Waals surface area contributed by atoms with Crippen molar-refractivity contribution in [3.05, 3.63) is 34.6 Å². The lowest BCUT2D eigenvalue weighted by atomic mass is 9.91. The molecular weight excluding hydrogens is 273 g/mol. The Labute approximate surface area is 127 Å². The van der Waals surface area contributed by atoms with Crippen molar-refractivity contribution in [2.75, 3.05) is 6.54 Å². The van der Waals surface area contributed by atoms with E-state index >= 15 is 0 Å². The maximum absolute atomic E-state index is 13.9. The van der Waals surface area contributed by atoms with Gasteiger partial charge in [0.05, 0.1) is 0 Å². The zero-order valence-electron chi connectivity index (χ0n) is 12.9. The van der Waals surface area contributed by atoms with Gasteiger partial charge in [0.1, 0.15) is 5.82 Å². The Morgan fingerprint density at radius 3 is 2.45 bits per heavy atom. The molecule has 0 saturated heterocycles. The van der Waals surface area contributed by atoms with E-state index in [2.05, 4.69) is 26.1 Å². The molecular formula is C17H27ClFN. The van der Waals surface area contributed by atoms with Crippen molar-refractivity contribution in [3.63, 3.8) is 0 Å². The van der Waals surface area contributed by atoms with Crippen molar-refractivity contribution in [3.8, 4) is 0 Å². The summed E-state index contributed by atoms with van der Waals surface area (Å²) in [5.74, 6) is 0.500. The number of rotatable bonds is 9. The Balaban J connectivity index is 2.77. The van der Waals surface area contributed by atoms with Crippen LogP contribution in [0.15, 0.2) is 18.2 Å². The van der Waals surface area contributed by atoms with Gasteiger partial charge in [0.15, 0.2) is 0 Å². The van der Waals surface area contributed by atoms with Crippen molar-refractivity contribution in [1.29, 1.82) is 0 Å². The molecule has 20 heavy (non-hydrogen) atoms. The average Bonchev–Trinajstić information content (AvgIpc) is 2.45. The molecule has 1 aromatic carbocycles. The zero-order chi connectivity index (χ0) is 15.0. The van der Waals surface area contributed by atoms with E-state index in [9.17, 15) is 4.39 Å². The predicted octanol–water partition coefficient (Wildman–Crippen LogP) is 5.22. The van der Waals surface area contributed by atoms with Gasteiger partial charge in [-0.15, -0.1) is 0 Å². The molecule has 0 fully saturated rings. The van der Waals surface area contributed by atoms with Crippen LogP contribution in [0.1, 0.15) is 52.0 Å². The lowest BCUT2D eigenvalue weighted by molar-refractivity contribution is 0.361. The van der Waals surface area contributed by atoms with Gasteiger partial charge in [-0.1, -0.05) is 51.3 Å². The van der Waals surface area contributed by atoms with E-state index in [0.717, 1.165) is 19.4 Å². The predicted molar refractivity (Wildman–Crippen MR) is 85.9 cm³/mol. The van der Waals surface area contributed by atoms with Crippen LogP contribution in [-0.4, -0.2) is 12.6 Å². The standard InChI is InChI=1S/C17H27ClFN/c1-4-10-20-14(11-13(5-2)6-3)12-15-16(18)8-7-9-17(15)19/h7-9,13-14,20H,4-6,10-12H2,1-3H3. The number of hydrogen-bond donors (Lipinski definition) is 1. The fraction of sp³-hybridized carbons (Fsp3) is 0.647. The normalized spacial score (nSPS) is 12.9. The van der Waals surface area contributed by atoms with E-state index in [-0.39, 0.29) is 5.82 Å². The Morgan fingerprint density at radius 2 is 1.90 bits per heavy atom. The van der Waals surface area contributed by atoms with Crippen molar-refractivity contribution in [1.82, 2.24) is 5.32 Å². The summed E-state index contributed by atoms with van der Waals surface area (Å²) in [5, 5.41) is 4.09. The van der Waals surface area contributed by atoms with Crippen LogP contribution in [0.4, 0.5) is 4.39 Å². The Hall–Kier alpha value is -0.600. The molecule has 0 heterocycles. The first-order valence-corrected chi connectivity index (χ1v) is 8.16. The first-order valence-electron chi connectivity index (χ1n) is 7.78. The number of hydrogen-bond acceptors (Lipinski definition) is 1. The van der Waals surface area contributed by atoms with Gasteiger partial charge in [0, 0.05) is 16.6 Å². The molecule has 0 bridgehead atoms. The third-order valence-electron chi connectivity index (χ3n) is 3.97. The SMILES string of the molecule is CCCNC(Cc1c(F)cccc1Cl)CC(CC)CC. The maximum atomic E-state index is 13.9. The van der Waals surface area contributed by atoms with E-state index in [1.54, 1.807) is 12.1 Å². The second-order valence-electron chi connectivity index (χ2n) is 5.47. The second-order valence-corrected chi connectivity index (χ2v) is 5.88. The summed E-state index contributed by atoms with van der Waals surface area (Å²) in [7, 11) is 0. The van der Waals surface area contributed by atoms with Crippen molar-refractivity contribution in [2.45, 2.75) is 58.9 Å². The minimum atomic E-state index is -0.189. The Kier molecular flexibility index (Phi) is 8.16. The van der Waals surface area contributed by atoms with Gasteiger partial charge in [-0.05, 0) is 43.9 Å². The minimum Gasteiger partial charge on any atom is -0.314 e. The topological polar surface area (TPSA) is 12.0 Å². The van der Waals surface area contributed by atoms with Crippen LogP contribution in [-0.2, 0) is 6.42 Å². The minimum absolute atomic E-state index is 0.189. The summed E-state index contributed by atoms with van der Waals surface area (Å²) in [6.07, 6.45) is 5.18. The molecule has 0 spiro atoms. The molecule has 114 valence electrons. The number of benzene rings is 1. The van der Waals surface area contributed by atoms with E-state index < -0.39 is 0 Å². The lowest BCUT2D eigenvalue weighted by Gasteiger charge is -2.24. The molecule has 0 aliphatic rings. The Bertz CT molecular complexity index is 370. The second kappa shape index (κ2) is 9.36. The molecule has 0 radical (unpaired) electrons. The molecule has 0 saturated carbocycles. The first-order chi connectivity index (χ1) is 9.62. The van der Waals surface area contributed by atoms with E-state index in [4.69, 9.17) is 11.6 Å². The number of halogens is 2. The highest BCUT2D eigenvalue weighted by molar-refractivity contribution is 6.31. The van der Waals surface area contributed by atoms with Crippen LogP contribution in [0.5, 0.6) is 0 Å². The quantitative estimate of drug-likeness (QED) is 0.659. The fourth-order valence-electron chi connectivity index (χ4n) is 2.59. The van der Waals surface area contributed by atoms with Crippen LogP contribution in [0.25, 0.3) is 0 Å². The van der Waals surface area contributed by atoms with Gasteiger partial charge in [0.25, 0.3) is 0 Å². The van der Waals surface area contributed by atoms with Crippen molar-refractivity contribution < 1.29 is 4.39 Å². The molecule has 1 aromatic rings. The molecule has 3 heteroatoms. The monoisotopic (exact) mass is 299 g/mol. The molecule has 0 amide bonds. The Morgan fingerprint density at radius 1 is 1.20 bits per heavy atom. The summed E-state index contributed by atoms with van der Waals surface area (Å²) in [5.41, 5.74) is 0.647. The average molecular weight is 300 g/mol. The van der Waals surface area contributed by atoms with Crippen molar-refractivity contribution >= 4 is 11.6 Å².